The third-order valence-corrected chi connectivity index (χ3v) is 4.54. The van der Waals surface area contributed by atoms with Crippen LogP contribution in [0.15, 0.2) is 35.3 Å². The molecule has 116 valence electrons. The summed E-state index contributed by atoms with van der Waals surface area (Å²) in [6.45, 7) is 2.21. The quantitative estimate of drug-likeness (QED) is 0.940. The van der Waals surface area contributed by atoms with E-state index in [1.165, 1.54) is 0 Å². The largest absolute Gasteiger partial charge is 0.323 e. The number of amides is 2. The molecule has 1 aliphatic heterocycles. The van der Waals surface area contributed by atoms with E-state index in [1.807, 2.05) is 27.8 Å². The Kier molecular flexibility index (Phi) is 4.65. The highest BCUT2D eigenvalue weighted by atomic mass is 32.1. The number of nitrogens with zero attached hydrogens (tertiary/aromatic N) is 4. The molecule has 1 saturated heterocycles. The van der Waals surface area contributed by atoms with Crippen molar-refractivity contribution < 1.29 is 4.79 Å². The van der Waals surface area contributed by atoms with Gasteiger partial charge in [0.15, 0.2) is 0 Å². The molecular formula is C15H19N5OS. The molecule has 0 spiro atoms. The van der Waals surface area contributed by atoms with Crippen LogP contribution < -0.4 is 5.32 Å². The summed E-state index contributed by atoms with van der Waals surface area (Å²) in [6, 6.07) is 4.05. The average Bonchev–Trinajstić information content (AvgIpc) is 3.19. The highest BCUT2D eigenvalue weighted by Gasteiger charge is 2.29. The molecule has 22 heavy (non-hydrogen) atoms. The van der Waals surface area contributed by atoms with Crippen LogP contribution in [0, 0.1) is 0 Å². The molecule has 1 fully saturated rings. The van der Waals surface area contributed by atoms with E-state index in [4.69, 9.17) is 0 Å². The first-order chi connectivity index (χ1) is 10.7. The van der Waals surface area contributed by atoms with E-state index in [9.17, 15) is 4.79 Å². The van der Waals surface area contributed by atoms with E-state index in [0.29, 0.717) is 12.6 Å². The van der Waals surface area contributed by atoms with Gasteiger partial charge in [0.2, 0.25) is 0 Å². The zero-order valence-corrected chi connectivity index (χ0v) is 13.3. The predicted molar refractivity (Wildman–Crippen MR) is 86.8 cm³/mol. The lowest BCUT2D eigenvalue weighted by atomic mass is 10.2. The zero-order valence-electron chi connectivity index (χ0n) is 12.5. The second-order valence-corrected chi connectivity index (χ2v) is 6.19. The van der Waals surface area contributed by atoms with Gasteiger partial charge in [-0.05, 0) is 31.0 Å². The van der Waals surface area contributed by atoms with Crippen LogP contribution in [0.5, 0.6) is 0 Å². The van der Waals surface area contributed by atoms with Crippen LogP contribution in [0.2, 0.25) is 0 Å². The van der Waals surface area contributed by atoms with Gasteiger partial charge in [-0.3, -0.25) is 4.90 Å². The smallest absolute Gasteiger partial charge is 0.321 e. The Morgan fingerprint density at radius 2 is 2.32 bits per heavy atom. The Balaban J connectivity index is 1.52. The first-order valence-corrected chi connectivity index (χ1v) is 8.21. The van der Waals surface area contributed by atoms with Crippen LogP contribution in [0.4, 0.5) is 10.5 Å². The third-order valence-electron chi connectivity index (χ3n) is 3.86. The van der Waals surface area contributed by atoms with E-state index in [2.05, 4.69) is 27.2 Å². The molecule has 0 aliphatic carbocycles. The lowest BCUT2D eigenvalue weighted by Crippen LogP contribution is -2.38. The van der Waals surface area contributed by atoms with Gasteiger partial charge in [0.05, 0.1) is 12.2 Å². The molecule has 2 aromatic heterocycles. The van der Waals surface area contributed by atoms with Crippen molar-refractivity contribution in [2.45, 2.75) is 19.0 Å². The Hall–Kier alpha value is -1.99. The summed E-state index contributed by atoms with van der Waals surface area (Å²) < 4.78 is 0. The second kappa shape index (κ2) is 6.85. The number of hydrogen-bond donors (Lipinski definition) is 1. The maximum absolute atomic E-state index is 12.2. The maximum Gasteiger partial charge on any atom is 0.321 e. The number of carbonyl (C=O) groups is 1. The lowest BCUT2D eigenvalue weighted by molar-refractivity contribution is 0.206. The minimum atomic E-state index is -0.0229. The van der Waals surface area contributed by atoms with Gasteiger partial charge in [-0.15, -0.1) is 0 Å². The highest BCUT2D eigenvalue weighted by Crippen LogP contribution is 2.18. The van der Waals surface area contributed by atoms with Gasteiger partial charge in [0, 0.05) is 36.9 Å². The van der Waals surface area contributed by atoms with Gasteiger partial charge >= 0.3 is 6.03 Å². The molecule has 0 saturated carbocycles. The van der Waals surface area contributed by atoms with Gasteiger partial charge in [-0.1, -0.05) is 0 Å². The fourth-order valence-corrected chi connectivity index (χ4v) is 3.18. The van der Waals surface area contributed by atoms with Crippen molar-refractivity contribution in [2.75, 3.05) is 25.5 Å². The van der Waals surface area contributed by atoms with Gasteiger partial charge < -0.3 is 10.2 Å². The number of likely N-dealkylation sites (N-methyl/N-ethyl adjacent to an activating group) is 1. The molecule has 0 bridgehead atoms. The van der Waals surface area contributed by atoms with Crippen molar-refractivity contribution in [1.29, 1.82) is 0 Å². The van der Waals surface area contributed by atoms with Crippen LogP contribution in [0.1, 0.15) is 12.2 Å². The summed E-state index contributed by atoms with van der Waals surface area (Å²) in [5, 5.41) is 6.82. The SMILES string of the molecule is CN(Cc1ncccn1)[C@@H]1CCN(C(=O)Nc2ccsc2)C1. The van der Waals surface area contributed by atoms with Gasteiger partial charge in [0.25, 0.3) is 0 Å². The predicted octanol–water partition coefficient (Wildman–Crippen LogP) is 2.28. The van der Waals surface area contributed by atoms with Gasteiger partial charge in [-0.25, -0.2) is 14.8 Å². The maximum atomic E-state index is 12.2. The average molecular weight is 317 g/mol. The van der Waals surface area contributed by atoms with Crippen LogP contribution in [-0.4, -0.2) is 52.0 Å². The molecule has 1 aliphatic rings. The summed E-state index contributed by atoms with van der Waals surface area (Å²) in [6.07, 6.45) is 4.48. The Morgan fingerprint density at radius 1 is 1.50 bits per heavy atom. The van der Waals surface area contributed by atoms with E-state index >= 15 is 0 Å². The molecule has 0 unspecified atom stereocenters. The summed E-state index contributed by atoms with van der Waals surface area (Å²) in [7, 11) is 2.06. The third kappa shape index (κ3) is 3.61. The summed E-state index contributed by atoms with van der Waals surface area (Å²) >= 11 is 1.58. The first kappa shape index (κ1) is 14.9. The molecule has 2 aromatic rings. The number of urea groups is 1. The van der Waals surface area contributed by atoms with Crippen LogP contribution in [-0.2, 0) is 6.54 Å². The minimum absolute atomic E-state index is 0.0229. The number of carbonyl (C=O) groups excluding carboxylic acids is 1. The number of aromatic nitrogens is 2. The molecule has 1 atom stereocenters. The monoisotopic (exact) mass is 317 g/mol. The second-order valence-electron chi connectivity index (χ2n) is 5.41. The number of rotatable bonds is 4. The van der Waals surface area contributed by atoms with Crippen LogP contribution in [0.25, 0.3) is 0 Å². The van der Waals surface area contributed by atoms with Crippen LogP contribution >= 0.6 is 11.3 Å². The molecule has 6 nitrogen and oxygen atoms in total. The van der Waals surface area contributed by atoms with Crippen molar-refractivity contribution in [3.8, 4) is 0 Å². The lowest BCUT2D eigenvalue weighted by Gasteiger charge is -2.24. The fourth-order valence-electron chi connectivity index (χ4n) is 2.59. The Bertz CT molecular complexity index is 604. The number of nitrogens with one attached hydrogen (secondary N) is 1. The number of thiophene rings is 1. The van der Waals surface area contributed by atoms with Crippen molar-refractivity contribution in [3.63, 3.8) is 0 Å². The normalized spacial score (nSPS) is 17.9. The Labute approximate surface area is 133 Å². The summed E-state index contributed by atoms with van der Waals surface area (Å²) in [4.78, 5) is 24.8. The molecule has 7 heteroatoms. The topological polar surface area (TPSA) is 61.4 Å². The van der Waals surface area contributed by atoms with E-state index < -0.39 is 0 Å². The van der Waals surface area contributed by atoms with E-state index in [0.717, 1.165) is 31.0 Å². The standard InChI is InChI=1S/C15H19N5OS/c1-19(10-14-16-5-2-6-17-14)13-3-7-20(9-13)15(21)18-12-4-8-22-11-12/h2,4-6,8,11,13H,3,7,9-10H2,1H3,(H,18,21)/t13-/m1/s1. The number of likely N-dealkylation sites (tertiary alicyclic amines) is 1. The molecular weight excluding hydrogens is 298 g/mol. The summed E-state index contributed by atoms with van der Waals surface area (Å²) in [5.74, 6) is 0.811. The first-order valence-electron chi connectivity index (χ1n) is 7.26. The Morgan fingerprint density at radius 3 is 3.05 bits per heavy atom. The number of anilines is 1. The fraction of sp³-hybridized carbons (Fsp3) is 0.400. The molecule has 2 amide bonds. The molecule has 0 radical (unpaired) electrons. The van der Waals surface area contributed by atoms with E-state index in [-0.39, 0.29) is 6.03 Å². The van der Waals surface area contributed by atoms with Gasteiger partial charge in [-0.2, -0.15) is 11.3 Å². The summed E-state index contributed by atoms with van der Waals surface area (Å²) in [5.41, 5.74) is 0.865. The zero-order chi connectivity index (χ0) is 15.4. The molecule has 3 rings (SSSR count). The van der Waals surface area contributed by atoms with Crippen molar-refractivity contribution in [2.24, 2.45) is 0 Å². The van der Waals surface area contributed by atoms with Crippen molar-refractivity contribution >= 4 is 23.1 Å². The minimum Gasteiger partial charge on any atom is -0.323 e. The molecule has 1 N–H and O–H groups in total. The van der Waals surface area contributed by atoms with E-state index in [1.54, 1.807) is 23.7 Å². The molecule has 3 heterocycles. The van der Waals surface area contributed by atoms with Crippen LogP contribution in [0.3, 0.4) is 0 Å². The molecule has 0 aromatic carbocycles. The highest BCUT2D eigenvalue weighted by molar-refractivity contribution is 7.08. The van der Waals surface area contributed by atoms with Crippen molar-refractivity contribution in [3.05, 3.63) is 41.1 Å². The number of hydrogen-bond acceptors (Lipinski definition) is 5. The van der Waals surface area contributed by atoms with Crippen molar-refractivity contribution in [1.82, 2.24) is 19.8 Å². The van der Waals surface area contributed by atoms with Gasteiger partial charge in [0.1, 0.15) is 5.82 Å².